The molecule has 5 amide bonds. The van der Waals surface area contributed by atoms with Gasteiger partial charge in [0.15, 0.2) is 0 Å². The molecule has 0 aromatic heterocycles. The molecule has 9 nitrogen and oxygen atoms in total. The predicted molar refractivity (Wildman–Crippen MR) is 131 cm³/mol. The maximum absolute atomic E-state index is 14.7. The number of urea groups is 1. The van der Waals surface area contributed by atoms with Crippen molar-refractivity contribution in [3.05, 3.63) is 59.4 Å². The van der Waals surface area contributed by atoms with Crippen molar-refractivity contribution in [2.75, 3.05) is 25.5 Å². The molecule has 0 bridgehead atoms. The van der Waals surface area contributed by atoms with Crippen LogP contribution in [0.2, 0.25) is 19.6 Å². The summed E-state index contributed by atoms with van der Waals surface area (Å²) < 4.78 is 19.8. The van der Waals surface area contributed by atoms with Crippen molar-refractivity contribution in [2.24, 2.45) is 0 Å². The van der Waals surface area contributed by atoms with Crippen molar-refractivity contribution in [3.63, 3.8) is 0 Å². The number of carbonyl (C=O) groups excluding carboxylic acids is 4. The van der Waals surface area contributed by atoms with Crippen molar-refractivity contribution >= 4 is 42.7 Å². The molecule has 1 aliphatic rings. The van der Waals surface area contributed by atoms with E-state index in [0.29, 0.717) is 17.4 Å². The number of hydrogen-bond donors (Lipinski definition) is 3. The Bertz CT molecular complexity index is 1120. The smallest absolute Gasteiger partial charge is 0.325 e. The summed E-state index contributed by atoms with van der Waals surface area (Å²) in [5, 5.41) is 8.21. The summed E-state index contributed by atoms with van der Waals surface area (Å²) in [6.45, 7) is 5.72. The number of benzene rings is 2. The Kier molecular flexibility index (Phi) is 8.02. The third-order valence-electron chi connectivity index (χ3n) is 5.47. The highest BCUT2D eigenvalue weighted by atomic mass is 28.3. The third kappa shape index (κ3) is 6.52. The number of amides is 5. The van der Waals surface area contributed by atoms with E-state index < -0.39 is 50.2 Å². The Balaban J connectivity index is 1.82. The fourth-order valence-electron chi connectivity index (χ4n) is 3.65. The van der Waals surface area contributed by atoms with E-state index in [2.05, 4.69) is 16.0 Å². The largest absolute Gasteiger partial charge is 0.380 e. The molecule has 2 aromatic carbocycles. The highest BCUT2D eigenvalue weighted by Gasteiger charge is 2.32. The van der Waals surface area contributed by atoms with Gasteiger partial charge in [-0.15, -0.1) is 0 Å². The first kappa shape index (κ1) is 26.0. The monoisotopic (exact) mass is 500 g/mol. The molecule has 35 heavy (non-hydrogen) atoms. The van der Waals surface area contributed by atoms with Gasteiger partial charge >= 0.3 is 6.03 Å². The quantitative estimate of drug-likeness (QED) is 0.359. The second kappa shape index (κ2) is 10.8. The van der Waals surface area contributed by atoms with Gasteiger partial charge in [-0.2, -0.15) is 0 Å². The highest BCUT2D eigenvalue weighted by molar-refractivity contribution is 6.88. The Morgan fingerprint density at radius 3 is 2.37 bits per heavy atom. The van der Waals surface area contributed by atoms with Crippen LogP contribution in [0.3, 0.4) is 0 Å². The zero-order chi connectivity index (χ0) is 25.8. The highest BCUT2D eigenvalue weighted by Crippen LogP contribution is 2.19. The number of nitrogens with one attached hydrogen (secondary N) is 3. The van der Waals surface area contributed by atoms with E-state index >= 15 is 0 Å². The average Bonchev–Trinajstić information content (AvgIpc) is 3.09. The summed E-state index contributed by atoms with van der Waals surface area (Å²) in [5.74, 6) is -2.23. The maximum Gasteiger partial charge on any atom is 0.325 e. The number of rotatable bonds is 9. The summed E-state index contributed by atoms with van der Waals surface area (Å²) >= 11 is 0. The summed E-state index contributed by atoms with van der Waals surface area (Å²) in [5.41, 5.74) is 1.58. The molecule has 1 saturated heterocycles. The molecule has 0 saturated carbocycles. The molecule has 2 aromatic rings. The van der Waals surface area contributed by atoms with Crippen LogP contribution in [0.1, 0.15) is 17.2 Å². The number of ether oxygens (including phenoxy) is 1. The van der Waals surface area contributed by atoms with E-state index in [0.717, 1.165) is 10.5 Å². The summed E-state index contributed by atoms with van der Waals surface area (Å²) in [7, 11) is -0.336. The molecule has 186 valence electrons. The molecule has 0 radical (unpaired) electrons. The van der Waals surface area contributed by atoms with Gasteiger partial charge in [-0.05, 0) is 28.4 Å². The van der Waals surface area contributed by atoms with Gasteiger partial charge in [0.25, 0.3) is 11.8 Å². The van der Waals surface area contributed by atoms with Crippen LogP contribution in [0.5, 0.6) is 0 Å². The van der Waals surface area contributed by atoms with Crippen LogP contribution in [0.15, 0.2) is 42.5 Å². The third-order valence-corrected chi connectivity index (χ3v) is 7.50. The lowest BCUT2D eigenvalue weighted by Gasteiger charge is -2.22. The number of methoxy groups -OCH3 is 1. The molecular formula is C24H29FN4O5Si. The van der Waals surface area contributed by atoms with Crippen LogP contribution in [0, 0.1) is 5.82 Å². The molecule has 3 rings (SSSR count). The number of nitrogens with zero attached hydrogens (tertiary/aromatic N) is 1. The van der Waals surface area contributed by atoms with E-state index in [1.807, 2.05) is 19.6 Å². The second-order valence-electron chi connectivity index (χ2n) is 9.25. The topological polar surface area (TPSA) is 117 Å². The summed E-state index contributed by atoms with van der Waals surface area (Å²) in [4.78, 5) is 50.2. The zero-order valence-electron chi connectivity index (χ0n) is 20.1. The Hall–Kier alpha value is -3.57. The van der Waals surface area contributed by atoms with Gasteiger partial charge in [-0.1, -0.05) is 50.0 Å². The van der Waals surface area contributed by atoms with Crippen molar-refractivity contribution in [2.45, 2.75) is 32.3 Å². The summed E-state index contributed by atoms with van der Waals surface area (Å²) in [6.07, 6.45) is 0. The predicted octanol–water partition coefficient (Wildman–Crippen LogP) is 1.87. The van der Waals surface area contributed by atoms with Gasteiger partial charge < -0.3 is 20.7 Å². The minimum absolute atomic E-state index is 0.185. The average molecular weight is 501 g/mol. The molecule has 1 heterocycles. The van der Waals surface area contributed by atoms with Gasteiger partial charge in [-0.3, -0.25) is 19.3 Å². The van der Waals surface area contributed by atoms with Crippen molar-refractivity contribution in [3.8, 4) is 0 Å². The minimum atomic E-state index is -1.90. The molecule has 0 aliphatic carbocycles. The second-order valence-corrected chi connectivity index (χ2v) is 14.3. The first-order chi connectivity index (χ1) is 16.5. The fraction of sp³-hybridized carbons (Fsp3) is 0.333. The van der Waals surface area contributed by atoms with Gasteiger partial charge in [0.2, 0.25) is 5.91 Å². The van der Waals surface area contributed by atoms with Crippen molar-refractivity contribution in [1.82, 2.24) is 15.5 Å². The molecule has 1 fully saturated rings. The normalized spacial score (nSPS) is 14.5. The zero-order valence-corrected chi connectivity index (χ0v) is 21.1. The lowest BCUT2D eigenvalue weighted by atomic mass is 10.0. The van der Waals surface area contributed by atoms with Crippen molar-refractivity contribution < 1.29 is 28.3 Å². The number of imide groups is 1. The lowest BCUT2D eigenvalue weighted by molar-refractivity contribution is -0.131. The molecular weight excluding hydrogens is 471 g/mol. The van der Waals surface area contributed by atoms with Gasteiger partial charge in [-0.25, -0.2) is 9.18 Å². The molecule has 1 aliphatic heterocycles. The molecule has 3 N–H and O–H groups in total. The van der Waals surface area contributed by atoms with Crippen LogP contribution in [0.25, 0.3) is 0 Å². The van der Waals surface area contributed by atoms with E-state index in [1.165, 1.54) is 6.07 Å². The van der Waals surface area contributed by atoms with E-state index in [4.69, 9.17) is 4.74 Å². The van der Waals surface area contributed by atoms with Crippen LogP contribution in [-0.4, -0.2) is 56.9 Å². The number of anilines is 1. The van der Waals surface area contributed by atoms with E-state index in [-0.39, 0.29) is 12.2 Å². The van der Waals surface area contributed by atoms with Gasteiger partial charge in [0.05, 0.1) is 21.2 Å². The summed E-state index contributed by atoms with van der Waals surface area (Å²) in [6, 6.07) is 9.58. The standard InChI is InChI=1S/C24H29FN4O5Si/c1-34-14-15-5-7-16(8-6-15)22(28-20(30)13-29-21(31)12-26-24(29)33)23(32)27-17-9-10-19(18(25)11-17)35(2,3)4/h5-11,22H,12-14H2,1-4H3,(H,26,33)(H,27,32)(H,28,30)/t22-/m1/s1. The van der Waals surface area contributed by atoms with Crippen LogP contribution in [-0.2, 0) is 25.7 Å². The van der Waals surface area contributed by atoms with Crippen LogP contribution < -0.4 is 21.1 Å². The molecule has 0 spiro atoms. The van der Waals surface area contributed by atoms with Crippen LogP contribution >= 0.6 is 0 Å². The fourth-order valence-corrected chi connectivity index (χ4v) is 5.03. The first-order valence-corrected chi connectivity index (χ1v) is 14.6. The Morgan fingerprint density at radius 1 is 1.14 bits per heavy atom. The van der Waals surface area contributed by atoms with E-state index in [1.54, 1.807) is 43.5 Å². The number of carbonyl (C=O) groups is 4. The van der Waals surface area contributed by atoms with E-state index in [9.17, 15) is 23.6 Å². The Labute approximate surface area is 204 Å². The van der Waals surface area contributed by atoms with Gasteiger partial charge in [0, 0.05) is 12.8 Å². The molecule has 1 atom stereocenters. The minimum Gasteiger partial charge on any atom is -0.380 e. The number of hydrogen-bond acceptors (Lipinski definition) is 5. The molecule has 0 unspecified atom stereocenters. The number of halogens is 1. The maximum atomic E-state index is 14.7. The lowest BCUT2D eigenvalue weighted by Crippen LogP contribution is -2.44. The van der Waals surface area contributed by atoms with Crippen molar-refractivity contribution in [1.29, 1.82) is 0 Å². The first-order valence-electron chi connectivity index (χ1n) is 11.1. The SMILES string of the molecule is COCc1ccc([C@@H](NC(=O)CN2C(=O)CNC2=O)C(=O)Nc2ccc([Si](C)(C)C)c(F)c2)cc1. The van der Waals surface area contributed by atoms with Crippen LogP contribution in [0.4, 0.5) is 14.9 Å². The molecule has 11 heteroatoms. The van der Waals surface area contributed by atoms with Gasteiger partial charge in [0.1, 0.15) is 18.4 Å². The Morgan fingerprint density at radius 2 is 1.83 bits per heavy atom.